The van der Waals surface area contributed by atoms with Crippen molar-refractivity contribution in [2.75, 3.05) is 7.05 Å². The number of aliphatic imine (C=N–C) groups is 2. The zero-order chi connectivity index (χ0) is 13.5. The molecule has 0 unspecified atom stereocenters. The van der Waals surface area contributed by atoms with E-state index in [-0.39, 0.29) is 0 Å². The smallest absolute Gasteiger partial charge is 0.0883 e. The average molecular weight is 251 g/mol. The van der Waals surface area contributed by atoms with Gasteiger partial charge in [-0.15, -0.1) is 0 Å². The Morgan fingerprint density at radius 1 is 1.00 bits per heavy atom. The summed E-state index contributed by atoms with van der Waals surface area (Å²) in [4.78, 5) is 8.99. The zero-order valence-electron chi connectivity index (χ0n) is 11.2. The van der Waals surface area contributed by atoms with Crippen LogP contribution in [0.5, 0.6) is 0 Å². The van der Waals surface area contributed by atoms with E-state index in [2.05, 4.69) is 15.3 Å². The van der Waals surface area contributed by atoms with Gasteiger partial charge in [-0.2, -0.15) is 0 Å². The maximum atomic E-state index is 4.62. The highest BCUT2D eigenvalue weighted by Gasteiger charge is 2.03. The first kappa shape index (κ1) is 13.0. The van der Waals surface area contributed by atoms with E-state index < -0.39 is 0 Å². The number of rotatable bonds is 4. The van der Waals surface area contributed by atoms with Crippen LogP contribution in [0.2, 0.25) is 0 Å². The molecule has 0 heterocycles. The number of nitrogens with one attached hydrogen (secondary N) is 1. The molecule has 0 radical (unpaired) electrons. The molecule has 0 bridgehead atoms. The summed E-state index contributed by atoms with van der Waals surface area (Å²) in [6.45, 7) is 2.00. The Hall–Kier alpha value is -2.42. The molecular formula is C16H17N3. The molecule has 0 aliphatic heterocycles. The molecule has 0 atom stereocenters. The van der Waals surface area contributed by atoms with Crippen LogP contribution in [0.3, 0.4) is 0 Å². The number of nitrogens with zero attached hydrogens (tertiary/aromatic N) is 2. The van der Waals surface area contributed by atoms with Gasteiger partial charge in [-0.1, -0.05) is 36.4 Å². The Morgan fingerprint density at radius 2 is 1.68 bits per heavy atom. The van der Waals surface area contributed by atoms with E-state index in [1.807, 2.05) is 68.6 Å². The first-order valence-corrected chi connectivity index (χ1v) is 6.21. The largest absolute Gasteiger partial charge is 0.379 e. The molecule has 0 aliphatic rings. The topological polar surface area (TPSA) is 36.8 Å². The van der Waals surface area contributed by atoms with Crippen molar-refractivity contribution in [2.24, 2.45) is 9.98 Å². The third-order valence-electron chi connectivity index (χ3n) is 2.68. The lowest BCUT2D eigenvalue weighted by atomic mass is 10.1. The Kier molecular flexibility index (Phi) is 4.45. The summed E-state index contributed by atoms with van der Waals surface area (Å²) in [6, 6.07) is 17.9. The Bertz CT molecular complexity index is 586. The summed E-state index contributed by atoms with van der Waals surface area (Å²) in [5.41, 5.74) is 3.86. The molecular weight excluding hydrogens is 234 g/mol. The molecule has 0 aromatic heterocycles. The third-order valence-corrected chi connectivity index (χ3v) is 2.68. The van der Waals surface area contributed by atoms with Gasteiger partial charge in [0.15, 0.2) is 0 Å². The van der Waals surface area contributed by atoms with E-state index >= 15 is 0 Å². The normalized spacial score (nSPS) is 11.8. The van der Waals surface area contributed by atoms with Gasteiger partial charge in [0.2, 0.25) is 0 Å². The van der Waals surface area contributed by atoms with Gasteiger partial charge in [0, 0.05) is 18.3 Å². The van der Waals surface area contributed by atoms with E-state index in [0.717, 1.165) is 22.6 Å². The maximum Gasteiger partial charge on any atom is 0.0883 e. The van der Waals surface area contributed by atoms with Gasteiger partial charge in [0.05, 0.1) is 17.7 Å². The lowest BCUT2D eigenvalue weighted by Gasteiger charge is -2.05. The van der Waals surface area contributed by atoms with Crippen LogP contribution in [-0.2, 0) is 0 Å². The first-order chi connectivity index (χ1) is 9.31. The standard InChI is InChI=1S/C16H17N3/c1-13(19-14-8-4-3-5-9-14)15-10-6-7-11-16(15)18-12-17-2/h3-12H,1-2H3,(H,17,18)/b19-13+. The molecule has 0 saturated heterocycles. The monoisotopic (exact) mass is 251 g/mol. The van der Waals surface area contributed by atoms with Crippen molar-refractivity contribution >= 4 is 23.4 Å². The second kappa shape index (κ2) is 6.50. The van der Waals surface area contributed by atoms with Crippen molar-refractivity contribution in [3.63, 3.8) is 0 Å². The molecule has 0 fully saturated rings. The van der Waals surface area contributed by atoms with Crippen LogP contribution >= 0.6 is 0 Å². The predicted molar refractivity (Wildman–Crippen MR) is 82.0 cm³/mol. The predicted octanol–water partition coefficient (Wildman–Crippen LogP) is 3.71. The zero-order valence-corrected chi connectivity index (χ0v) is 11.2. The number of para-hydroxylation sites is 2. The highest BCUT2D eigenvalue weighted by Crippen LogP contribution is 2.21. The molecule has 3 heteroatoms. The van der Waals surface area contributed by atoms with Crippen LogP contribution in [0.15, 0.2) is 64.6 Å². The Labute approximate surface area is 113 Å². The van der Waals surface area contributed by atoms with E-state index in [0.29, 0.717) is 0 Å². The molecule has 1 N–H and O–H groups in total. The van der Waals surface area contributed by atoms with Crippen LogP contribution in [0.4, 0.5) is 11.4 Å². The van der Waals surface area contributed by atoms with Crippen LogP contribution in [-0.4, -0.2) is 19.1 Å². The lowest BCUT2D eigenvalue weighted by molar-refractivity contribution is 1.21. The molecule has 2 aromatic carbocycles. The minimum Gasteiger partial charge on any atom is -0.379 e. The van der Waals surface area contributed by atoms with Crippen LogP contribution in [0, 0.1) is 0 Å². The third kappa shape index (κ3) is 3.52. The van der Waals surface area contributed by atoms with Crippen LogP contribution in [0.25, 0.3) is 0 Å². The maximum absolute atomic E-state index is 4.62. The van der Waals surface area contributed by atoms with Crippen molar-refractivity contribution in [2.45, 2.75) is 6.92 Å². The fourth-order valence-corrected chi connectivity index (χ4v) is 1.78. The van der Waals surface area contributed by atoms with Gasteiger partial charge in [0.1, 0.15) is 0 Å². The van der Waals surface area contributed by atoms with Crippen molar-refractivity contribution in [3.8, 4) is 0 Å². The van der Waals surface area contributed by atoms with Gasteiger partial charge in [0.25, 0.3) is 0 Å². The average Bonchev–Trinajstić information content (AvgIpc) is 2.46. The second-order valence-corrected chi connectivity index (χ2v) is 4.10. The first-order valence-electron chi connectivity index (χ1n) is 6.21. The van der Waals surface area contributed by atoms with E-state index in [1.54, 1.807) is 6.34 Å². The molecule has 96 valence electrons. The SMILES string of the molecule is CN/C=N\c1ccccc1/C(C)=N/c1ccccc1. The molecule has 0 amide bonds. The fourth-order valence-electron chi connectivity index (χ4n) is 1.78. The summed E-state index contributed by atoms with van der Waals surface area (Å²) in [7, 11) is 1.83. The van der Waals surface area contributed by atoms with Crippen LogP contribution < -0.4 is 5.32 Å². The van der Waals surface area contributed by atoms with E-state index in [4.69, 9.17) is 0 Å². The van der Waals surface area contributed by atoms with Crippen molar-refractivity contribution in [1.29, 1.82) is 0 Å². The second-order valence-electron chi connectivity index (χ2n) is 4.10. The molecule has 0 aliphatic carbocycles. The van der Waals surface area contributed by atoms with E-state index in [1.165, 1.54) is 0 Å². The molecule has 0 saturated carbocycles. The molecule has 2 aromatic rings. The van der Waals surface area contributed by atoms with Gasteiger partial charge >= 0.3 is 0 Å². The summed E-state index contributed by atoms with van der Waals surface area (Å²) < 4.78 is 0. The van der Waals surface area contributed by atoms with Crippen LogP contribution in [0.1, 0.15) is 12.5 Å². The van der Waals surface area contributed by atoms with E-state index in [9.17, 15) is 0 Å². The summed E-state index contributed by atoms with van der Waals surface area (Å²) >= 11 is 0. The van der Waals surface area contributed by atoms with Gasteiger partial charge in [-0.05, 0) is 25.1 Å². The Balaban J connectivity index is 2.36. The van der Waals surface area contributed by atoms with Crippen molar-refractivity contribution in [1.82, 2.24) is 5.32 Å². The summed E-state index contributed by atoms with van der Waals surface area (Å²) in [6.07, 6.45) is 1.68. The van der Waals surface area contributed by atoms with Crippen molar-refractivity contribution in [3.05, 3.63) is 60.2 Å². The lowest BCUT2D eigenvalue weighted by Crippen LogP contribution is -2.01. The number of hydrogen-bond donors (Lipinski definition) is 1. The fraction of sp³-hybridized carbons (Fsp3) is 0.125. The molecule has 0 spiro atoms. The quantitative estimate of drug-likeness (QED) is 0.652. The molecule has 3 nitrogen and oxygen atoms in total. The highest BCUT2D eigenvalue weighted by molar-refractivity contribution is 6.04. The van der Waals surface area contributed by atoms with Gasteiger partial charge < -0.3 is 5.32 Å². The summed E-state index contributed by atoms with van der Waals surface area (Å²) in [5, 5.41) is 2.90. The highest BCUT2D eigenvalue weighted by atomic mass is 14.9. The minimum absolute atomic E-state index is 0.911. The van der Waals surface area contributed by atoms with Gasteiger partial charge in [-0.3, -0.25) is 4.99 Å². The summed E-state index contributed by atoms with van der Waals surface area (Å²) in [5.74, 6) is 0. The number of hydrogen-bond acceptors (Lipinski definition) is 2. The minimum atomic E-state index is 0.911. The Morgan fingerprint density at radius 3 is 2.42 bits per heavy atom. The number of benzene rings is 2. The molecule has 19 heavy (non-hydrogen) atoms. The van der Waals surface area contributed by atoms with Gasteiger partial charge in [-0.25, -0.2) is 4.99 Å². The molecule has 2 rings (SSSR count). The van der Waals surface area contributed by atoms with Crippen molar-refractivity contribution < 1.29 is 0 Å².